The van der Waals surface area contributed by atoms with Crippen molar-refractivity contribution in [3.05, 3.63) is 90.2 Å². The Kier molecular flexibility index (Phi) is 4.92. The molecule has 2 heteroatoms. The maximum Gasteiger partial charge on any atom is 0.331 e. The summed E-state index contributed by atoms with van der Waals surface area (Å²) in [5.41, 5.74) is 6.31. The molecule has 0 aliphatic heterocycles. The van der Waals surface area contributed by atoms with Crippen LogP contribution in [0.4, 0.5) is 0 Å². The maximum absolute atomic E-state index is 11.7. The second kappa shape index (κ2) is 7.09. The molecule has 0 amide bonds. The molecule has 2 aromatic rings. The van der Waals surface area contributed by atoms with Gasteiger partial charge in [0.25, 0.3) is 0 Å². The summed E-state index contributed by atoms with van der Waals surface area (Å²) in [5.74, 6) is -0.405. The average molecular weight is 276 g/mol. The molecule has 0 radical (unpaired) electrons. The molecule has 0 unspecified atom stereocenters. The van der Waals surface area contributed by atoms with Gasteiger partial charge in [0.2, 0.25) is 0 Å². The third kappa shape index (κ3) is 3.59. The van der Waals surface area contributed by atoms with Crippen LogP contribution >= 0.6 is 0 Å². The standard InChI is InChI=1S/C19H16O2/c1-3-17(15-10-6-4-7-11-15)18(14-19(20)21-2)16-12-8-5-9-13-16/h4-14H,1H2,2H3/b18-14-. The van der Waals surface area contributed by atoms with Crippen LogP contribution in [0, 0.1) is 0 Å². The van der Waals surface area contributed by atoms with E-state index in [0.29, 0.717) is 0 Å². The summed E-state index contributed by atoms with van der Waals surface area (Å²) in [6.07, 6.45) is 1.47. The maximum atomic E-state index is 11.7. The molecule has 0 saturated heterocycles. The van der Waals surface area contributed by atoms with Crippen molar-refractivity contribution in [2.45, 2.75) is 0 Å². The average Bonchev–Trinajstić information content (AvgIpc) is 2.56. The van der Waals surface area contributed by atoms with Crippen LogP contribution in [0.2, 0.25) is 0 Å². The van der Waals surface area contributed by atoms with Crippen molar-refractivity contribution < 1.29 is 9.53 Å². The number of esters is 1. The van der Waals surface area contributed by atoms with Crippen molar-refractivity contribution in [2.75, 3.05) is 7.11 Å². The number of methoxy groups -OCH3 is 1. The topological polar surface area (TPSA) is 26.3 Å². The second-order valence-electron chi connectivity index (χ2n) is 4.36. The molecule has 0 aromatic heterocycles. The van der Waals surface area contributed by atoms with Crippen LogP contribution in [0.5, 0.6) is 0 Å². The summed E-state index contributed by atoms with van der Waals surface area (Å²) < 4.78 is 4.76. The summed E-state index contributed by atoms with van der Waals surface area (Å²) in [5, 5.41) is 0. The molecule has 0 aliphatic rings. The number of benzene rings is 2. The first-order valence-electron chi connectivity index (χ1n) is 6.57. The fourth-order valence-corrected chi connectivity index (χ4v) is 2.05. The van der Waals surface area contributed by atoms with Crippen LogP contribution in [0.1, 0.15) is 11.1 Å². The number of hydrogen-bond acceptors (Lipinski definition) is 2. The lowest BCUT2D eigenvalue weighted by molar-refractivity contribution is -0.134. The molecule has 0 heterocycles. The van der Waals surface area contributed by atoms with E-state index >= 15 is 0 Å². The Bertz CT molecular complexity index is 691. The van der Waals surface area contributed by atoms with Crippen molar-refractivity contribution in [1.29, 1.82) is 0 Å². The highest BCUT2D eigenvalue weighted by atomic mass is 16.5. The summed E-state index contributed by atoms with van der Waals surface area (Å²) in [6.45, 7) is 3.76. The Hall–Kier alpha value is -2.83. The van der Waals surface area contributed by atoms with Gasteiger partial charge in [-0.25, -0.2) is 4.79 Å². The lowest BCUT2D eigenvalue weighted by Crippen LogP contribution is -1.99. The predicted octanol–water partition coefficient (Wildman–Crippen LogP) is 4.11. The van der Waals surface area contributed by atoms with E-state index in [1.165, 1.54) is 13.2 Å². The molecular weight excluding hydrogens is 260 g/mol. The monoisotopic (exact) mass is 276 g/mol. The molecule has 2 rings (SSSR count). The molecule has 0 spiro atoms. The zero-order valence-corrected chi connectivity index (χ0v) is 11.9. The smallest absolute Gasteiger partial charge is 0.331 e. The van der Waals surface area contributed by atoms with Crippen LogP contribution in [-0.2, 0) is 9.53 Å². The third-order valence-corrected chi connectivity index (χ3v) is 3.06. The van der Waals surface area contributed by atoms with Gasteiger partial charge in [0, 0.05) is 17.2 Å². The van der Waals surface area contributed by atoms with E-state index in [-0.39, 0.29) is 0 Å². The van der Waals surface area contributed by atoms with Crippen molar-refractivity contribution in [2.24, 2.45) is 0 Å². The zero-order chi connectivity index (χ0) is 15.1. The quantitative estimate of drug-likeness (QED) is 0.363. The van der Waals surface area contributed by atoms with Gasteiger partial charge in [0.1, 0.15) is 0 Å². The van der Waals surface area contributed by atoms with Crippen LogP contribution in [0.3, 0.4) is 0 Å². The highest BCUT2D eigenvalue weighted by molar-refractivity contribution is 6.10. The highest BCUT2D eigenvalue weighted by Gasteiger charge is 2.12. The Morgan fingerprint density at radius 1 is 1.00 bits per heavy atom. The number of carbonyl (C=O) groups excluding carboxylic acids is 1. The van der Waals surface area contributed by atoms with E-state index < -0.39 is 5.97 Å². The van der Waals surface area contributed by atoms with Crippen molar-refractivity contribution in [3.8, 4) is 0 Å². The molecule has 0 bridgehead atoms. The summed E-state index contributed by atoms with van der Waals surface area (Å²) >= 11 is 0. The fourth-order valence-electron chi connectivity index (χ4n) is 2.05. The van der Waals surface area contributed by atoms with Crippen molar-refractivity contribution in [1.82, 2.24) is 0 Å². The first-order valence-corrected chi connectivity index (χ1v) is 6.57. The number of rotatable bonds is 4. The first-order chi connectivity index (χ1) is 10.3. The molecule has 21 heavy (non-hydrogen) atoms. The molecule has 2 nitrogen and oxygen atoms in total. The van der Waals surface area contributed by atoms with Crippen LogP contribution < -0.4 is 0 Å². The van der Waals surface area contributed by atoms with Gasteiger partial charge >= 0.3 is 5.97 Å². The van der Waals surface area contributed by atoms with Gasteiger partial charge in [-0.2, -0.15) is 0 Å². The number of carbonyl (C=O) groups is 1. The summed E-state index contributed by atoms with van der Waals surface area (Å²) in [4.78, 5) is 11.7. The molecule has 0 aliphatic carbocycles. The van der Waals surface area contributed by atoms with E-state index in [1.807, 2.05) is 60.7 Å². The van der Waals surface area contributed by atoms with E-state index in [1.54, 1.807) is 0 Å². The molecule has 2 aromatic carbocycles. The third-order valence-electron chi connectivity index (χ3n) is 3.06. The van der Waals surface area contributed by atoms with Gasteiger partial charge in [-0.3, -0.25) is 0 Å². The normalized spacial score (nSPS) is 10.6. The molecular formula is C19H16O2. The van der Waals surface area contributed by atoms with Gasteiger partial charge in [0.05, 0.1) is 7.11 Å². The van der Waals surface area contributed by atoms with Gasteiger partial charge < -0.3 is 4.74 Å². The molecule has 0 N–H and O–H groups in total. The minimum Gasteiger partial charge on any atom is -0.466 e. The molecule has 0 fully saturated rings. The summed E-state index contributed by atoms with van der Waals surface area (Å²) in [7, 11) is 1.36. The Labute approximate surface area is 124 Å². The minimum absolute atomic E-state index is 0.405. The molecule has 104 valence electrons. The van der Waals surface area contributed by atoms with E-state index in [4.69, 9.17) is 4.74 Å². The number of hydrogen-bond donors (Lipinski definition) is 0. The van der Waals surface area contributed by atoms with Crippen molar-refractivity contribution in [3.63, 3.8) is 0 Å². The largest absolute Gasteiger partial charge is 0.466 e. The summed E-state index contributed by atoms with van der Waals surface area (Å²) in [6, 6.07) is 19.4. The number of allylic oxidation sites excluding steroid dienone is 2. The van der Waals surface area contributed by atoms with Crippen LogP contribution in [-0.4, -0.2) is 13.1 Å². The lowest BCUT2D eigenvalue weighted by Gasteiger charge is -2.11. The van der Waals surface area contributed by atoms with Gasteiger partial charge in [-0.1, -0.05) is 67.2 Å². The second-order valence-corrected chi connectivity index (χ2v) is 4.36. The molecule has 0 saturated carbocycles. The Balaban J connectivity index is 2.57. The van der Waals surface area contributed by atoms with Crippen LogP contribution in [0.15, 0.2) is 79.0 Å². The van der Waals surface area contributed by atoms with Gasteiger partial charge in [-0.05, 0) is 11.1 Å². The van der Waals surface area contributed by atoms with E-state index in [2.05, 4.69) is 12.3 Å². The SMILES string of the molecule is C=C=C(/C(=C\C(=O)OC)c1ccccc1)c1ccccc1. The van der Waals surface area contributed by atoms with E-state index in [0.717, 1.165) is 22.3 Å². The highest BCUT2D eigenvalue weighted by Crippen LogP contribution is 2.30. The van der Waals surface area contributed by atoms with Gasteiger partial charge in [0.15, 0.2) is 0 Å². The fraction of sp³-hybridized carbons (Fsp3) is 0.0526. The Morgan fingerprint density at radius 2 is 1.52 bits per heavy atom. The van der Waals surface area contributed by atoms with Crippen molar-refractivity contribution >= 4 is 17.1 Å². The minimum atomic E-state index is -0.405. The molecule has 0 atom stereocenters. The van der Waals surface area contributed by atoms with Gasteiger partial charge in [-0.15, -0.1) is 5.73 Å². The Morgan fingerprint density at radius 3 is 2.00 bits per heavy atom. The van der Waals surface area contributed by atoms with Crippen LogP contribution in [0.25, 0.3) is 11.1 Å². The first kappa shape index (κ1) is 14.6. The number of ether oxygens (including phenoxy) is 1. The lowest BCUT2D eigenvalue weighted by atomic mass is 9.93. The van der Waals surface area contributed by atoms with E-state index in [9.17, 15) is 4.79 Å². The zero-order valence-electron chi connectivity index (χ0n) is 11.9. The predicted molar refractivity (Wildman–Crippen MR) is 85.4 cm³/mol.